The molecular weight excluding hydrogens is 481 g/mol. The van der Waals surface area contributed by atoms with Crippen LogP contribution in [0.15, 0.2) is 45.8 Å². The molecule has 0 saturated carbocycles. The van der Waals surface area contributed by atoms with Gasteiger partial charge in [-0.25, -0.2) is 14.2 Å². The number of fused-ring (bicyclic) bond motifs is 3. The molecule has 1 aliphatic rings. The smallest absolute Gasteiger partial charge is 0.330 e. The van der Waals surface area contributed by atoms with Crippen molar-refractivity contribution in [2.45, 2.75) is 6.54 Å². The summed E-state index contributed by atoms with van der Waals surface area (Å²) in [4.78, 5) is 26.5. The quantitative estimate of drug-likeness (QED) is 0.365. The molecule has 0 spiro atoms. The van der Waals surface area contributed by atoms with Gasteiger partial charge in [0.15, 0.2) is 17.1 Å². The largest absolute Gasteiger partial charge is 0.497 e. The molecule has 13 heteroatoms. The van der Waals surface area contributed by atoms with E-state index in [0.29, 0.717) is 66.0 Å². The molecular formula is C24H26FN9O3. The molecule has 1 aliphatic heterocycles. The first-order valence-corrected chi connectivity index (χ1v) is 11.9. The van der Waals surface area contributed by atoms with Gasteiger partial charge < -0.3 is 19.8 Å². The molecule has 4 aromatic heterocycles. The van der Waals surface area contributed by atoms with Crippen LogP contribution in [-0.2, 0) is 13.6 Å². The Labute approximate surface area is 210 Å². The van der Waals surface area contributed by atoms with Gasteiger partial charge in [-0.1, -0.05) is 0 Å². The maximum Gasteiger partial charge on any atom is 0.330 e. The van der Waals surface area contributed by atoms with Gasteiger partial charge in [-0.15, -0.1) is 5.10 Å². The van der Waals surface area contributed by atoms with Gasteiger partial charge in [-0.3, -0.25) is 14.0 Å². The minimum absolute atomic E-state index is 0.127. The number of nitrogen functional groups attached to an aromatic ring is 1. The van der Waals surface area contributed by atoms with Crippen molar-refractivity contribution >= 4 is 28.4 Å². The lowest BCUT2D eigenvalue weighted by Gasteiger charge is -2.36. The van der Waals surface area contributed by atoms with Crippen LogP contribution in [0.1, 0.15) is 0 Å². The number of imidazole rings is 1. The average Bonchev–Trinajstić information content (AvgIpc) is 3.63. The lowest BCUT2D eigenvalue weighted by molar-refractivity contribution is 0.247. The maximum absolute atomic E-state index is 14.5. The van der Waals surface area contributed by atoms with Crippen molar-refractivity contribution in [2.24, 2.45) is 7.05 Å². The molecule has 192 valence electrons. The van der Waals surface area contributed by atoms with E-state index in [2.05, 4.69) is 20.0 Å². The van der Waals surface area contributed by atoms with Gasteiger partial charge >= 0.3 is 5.69 Å². The summed E-state index contributed by atoms with van der Waals surface area (Å²) in [5, 5.41) is 4.41. The number of furan rings is 1. The van der Waals surface area contributed by atoms with Crippen molar-refractivity contribution in [1.82, 2.24) is 33.6 Å². The second-order valence-corrected chi connectivity index (χ2v) is 8.93. The zero-order chi connectivity index (χ0) is 25.7. The van der Waals surface area contributed by atoms with Crippen molar-refractivity contribution in [1.29, 1.82) is 0 Å². The van der Waals surface area contributed by atoms with Gasteiger partial charge in [-0.2, -0.15) is 9.50 Å². The summed E-state index contributed by atoms with van der Waals surface area (Å²) in [5.74, 6) is 1.18. The van der Waals surface area contributed by atoms with Crippen molar-refractivity contribution in [3.05, 3.63) is 52.9 Å². The number of aryl methyl sites for hydroxylation is 1. The van der Waals surface area contributed by atoms with Crippen molar-refractivity contribution in [2.75, 3.05) is 50.5 Å². The molecule has 0 amide bonds. The fourth-order valence-corrected chi connectivity index (χ4v) is 4.83. The van der Waals surface area contributed by atoms with E-state index in [0.717, 1.165) is 13.1 Å². The topological polar surface area (TPSA) is 125 Å². The van der Waals surface area contributed by atoms with Crippen molar-refractivity contribution in [3.63, 3.8) is 0 Å². The predicted molar refractivity (Wildman–Crippen MR) is 135 cm³/mol. The van der Waals surface area contributed by atoms with Gasteiger partial charge in [0.25, 0.3) is 0 Å². The van der Waals surface area contributed by atoms with Crippen LogP contribution in [0.3, 0.4) is 0 Å². The molecule has 0 unspecified atom stereocenters. The van der Waals surface area contributed by atoms with E-state index in [4.69, 9.17) is 14.9 Å². The molecule has 5 heterocycles. The Morgan fingerprint density at radius 1 is 1.11 bits per heavy atom. The molecule has 12 nitrogen and oxygen atoms in total. The zero-order valence-electron chi connectivity index (χ0n) is 20.5. The zero-order valence-corrected chi connectivity index (χ0v) is 20.5. The van der Waals surface area contributed by atoms with Crippen LogP contribution in [0, 0.1) is 5.82 Å². The first-order chi connectivity index (χ1) is 17.9. The molecule has 1 aromatic carbocycles. The number of hydrogen-bond acceptors (Lipinski definition) is 9. The molecule has 6 rings (SSSR count). The first kappa shape index (κ1) is 23.0. The predicted octanol–water partition coefficient (Wildman–Crippen LogP) is 1.59. The fraction of sp³-hybridized carbons (Fsp3) is 0.333. The third-order valence-electron chi connectivity index (χ3n) is 6.83. The molecule has 5 aromatic rings. The Balaban J connectivity index is 1.22. The van der Waals surface area contributed by atoms with E-state index in [1.54, 1.807) is 35.9 Å². The third kappa shape index (κ3) is 3.87. The summed E-state index contributed by atoms with van der Waals surface area (Å²) in [6.07, 6.45) is 1.54. The van der Waals surface area contributed by atoms with Crippen LogP contribution < -0.4 is 21.1 Å². The Morgan fingerprint density at radius 3 is 2.62 bits per heavy atom. The van der Waals surface area contributed by atoms with E-state index in [1.165, 1.54) is 28.5 Å². The highest BCUT2D eigenvalue weighted by Crippen LogP contribution is 2.26. The summed E-state index contributed by atoms with van der Waals surface area (Å²) < 4.78 is 29.6. The van der Waals surface area contributed by atoms with Crippen LogP contribution >= 0.6 is 0 Å². The third-order valence-corrected chi connectivity index (χ3v) is 6.83. The molecule has 37 heavy (non-hydrogen) atoms. The van der Waals surface area contributed by atoms with E-state index < -0.39 is 0 Å². The van der Waals surface area contributed by atoms with Crippen molar-refractivity contribution in [3.8, 4) is 17.3 Å². The van der Waals surface area contributed by atoms with Gasteiger partial charge in [-0.05, 0) is 24.3 Å². The van der Waals surface area contributed by atoms with Crippen LogP contribution in [-0.4, -0.2) is 73.4 Å². The SMILES string of the molecule is COc1ccc(N2CCN(CCn3c(=O)n(C)c4c3nc(N)n3nc(-c5ccco5)nc43)CC2)c(F)c1. The van der Waals surface area contributed by atoms with E-state index in [1.807, 2.05) is 4.90 Å². The van der Waals surface area contributed by atoms with Crippen LogP contribution in [0.5, 0.6) is 5.75 Å². The van der Waals surface area contributed by atoms with Crippen LogP contribution in [0.4, 0.5) is 16.0 Å². The summed E-state index contributed by atoms with van der Waals surface area (Å²) in [5.41, 5.74) is 7.98. The van der Waals surface area contributed by atoms with E-state index >= 15 is 0 Å². The number of nitrogens with two attached hydrogens (primary N) is 1. The minimum Gasteiger partial charge on any atom is -0.497 e. The number of hydrogen-bond donors (Lipinski definition) is 1. The molecule has 0 radical (unpaired) electrons. The van der Waals surface area contributed by atoms with Gasteiger partial charge in [0.05, 0.1) is 19.1 Å². The second kappa shape index (κ2) is 8.92. The van der Waals surface area contributed by atoms with Crippen LogP contribution in [0.2, 0.25) is 0 Å². The number of halogens is 1. The molecule has 2 N–H and O–H groups in total. The lowest BCUT2D eigenvalue weighted by atomic mass is 10.2. The molecule has 1 fully saturated rings. The summed E-state index contributed by atoms with van der Waals surface area (Å²) >= 11 is 0. The Hall–Kier alpha value is -4.39. The highest BCUT2D eigenvalue weighted by molar-refractivity contribution is 5.88. The van der Waals surface area contributed by atoms with Gasteiger partial charge in [0.2, 0.25) is 11.8 Å². The summed E-state index contributed by atoms with van der Waals surface area (Å²) in [7, 11) is 3.20. The highest BCUT2D eigenvalue weighted by atomic mass is 19.1. The fourth-order valence-electron chi connectivity index (χ4n) is 4.83. The summed E-state index contributed by atoms with van der Waals surface area (Å²) in [6.45, 7) is 3.89. The van der Waals surface area contributed by atoms with E-state index in [9.17, 15) is 9.18 Å². The minimum atomic E-state index is -0.297. The molecule has 0 atom stereocenters. The standard InChI is InChI=1S/C24H26FN9O3/c1-30-19-21(28-23(26)34-22(19)27-20(29-34)18-4-3-13-37-18)33(24(30)35)12-9-31-7-10-32(11-8-31)17-6-5-15(36-2)14-16(17)25/h3-6,13-14H,7-12H2,1-2H3,(H2,26,28). The summed E-state index contributed by atoms with van der Waals surface area (Å²) in [6, 6.07) is 8.41. The Morgan fingerprint density at radius 2 is 1.92 bits per heavy atom. The highest BCUT2D eigenvalue weighted by Gasteiger charge is 2.23. The van der Waals surface area contributed by atoms with Crippen LogP contribution in [0.25, 0.3) is 28.4 Å². The van der Waals surface area contributed by atoms with Gasteiger partial charge in [0.1, 0.15) is 17.1 Å². The number of rotatable bonds is 6. The number of aromatic nitrogens is 6. The molecule has 1 saturated heterocycles. The number of nitrogens with zero attached hydrogens (tertiary/aromatic N) is 8. The van der Waals surface area contributed by atoms with E-state index in [-0.39, 0.29) is 17.5 Å². The Kier molecular flexibility index (Phi) is 5.56. The maximum atomic E-state index is 14.5. The van der Waals surface area contributed by atoms with Crippen molar-refractivity contribution < 1.29 is 13.5 Å². The number of piperazine rings is 1. The second-order valence-electron chi connectivity index (χ2n) is 8.93. The number of benzene rings is 1. The number of ether oxygens (including phenoxy) is 1. The monoisotopic (exact) mass is 507 g/mol. The molecule has 0 bridgehead atoms. The average molecular weight is 508 g/mol. The normalized spacial score (nSPS) is 14.7. The lowest BCUT2D eigenvalue weighted by Crippen LogP contribution is -2.47. The first-order valence-electron chi connectivity index (χ1n) is 11.9. The number of anilines is 2. The Bertz CT molecular complexity index is 1650. The molecule has 0 aliphatic carbocycles. The van der Waals surface area contributed by atoms with Gasteiger partial charge in [0, 0.05) is 52.4 Å². The number of methoxy groups -OCH3 is 1.